The van der Waals surface area contributed by atoms with E-state index in [1.807, 2.05) is 0 Å². The zero-order chi connectivity index (χ0) is 13.0. The molecule has 0 spiro atoms. The van der Waals surface area contributed by atoms with Gasteiger partial charge in [-0.15, -0.1) is 10.2 Å². The minimum absolute atomic E-state index is 0.0351. The van der Waals surface area contributed by atoms with Crippen LogP contribution in [0, 0.1) is 0 Å². The van der Waals surface area contributed by atoms with Gasteiger partial charge in [-0.25, -0.2) is 4.79 Å². The van der Waals surface area contributed by atoms with Crippen molar-refractivity contribution in [3.63, 3.8) is 0 Å². The van der Waals surface area contributed by atoms with E-state index in [0.29, 0.717) is 5.69 Å². The zero-order valence-electron chi connectivity index (χ0n) is 9.19. The predicted molar refractivity (Wildman–Crippen MR) is 63.5 cm³/mol. The van der Waals surface area contributed by atoms with Crippen LogP contribution in [-0.2, 0) is 0 Å². The van der Waals surface area contributed by atoms with Crippen LogP contribution in [0.1, 0.15) is 10.4 Å². The lowest BCUT2D eigenvalue weighted by atomic mass is 10.2. The molecule has 0 unspecified atom stereocenters. The van der Waals surface area contributed by atoms with Crippen molar-refractivity contribution in [2.24, 2.45) is 10.2 Å². The number of hydrogen-bond donors (Lipinski definition) is 2. The first-order valence-corrected chi connectivity index (χ1v) is 5.05. The monoisotopic (exact) mass is 243 g/mol. The van der Waals surface area contributed by atoms with Crippen LogP contribution >= 0.6 is 0 Å². The van der Waals surface area contributed by atoms with E-state index in [1.165, 1.54) is 24.4 Å². The van der Waals surface area contributed by atoms with Crippen molar-refractivity contribution < 1.29 is 15.0 Å². The van der Waals surface area contributed by atoms with Gasteiger partial charge in [-0.2, -0.15) is 0 Å². The van der Waals surface area contributed by atoms with Crippen LogP contribution in [0.2, 0.25) is 0 Å². The van der Waals surface area contributed by atoms with Crippen molar-refractivity contribution in [3.05, 3.63) is 48.3 Å². The van der Waals surface area contributed by atoms with E-state index in [-0.39, 0.29) is 17.0 Å². The van der Waals surface area contributed by atoms with Crippen molar-refractivity contribution in [2.75, 3.05) is 0 Å². The lowest BCUT2D eigenvalue weighted by Gasteiger charge is -1.99. The first-order valence-electron chi connectivity index (χ1n) is 5.05. The molecule has 2 N–H and O–H groups in total. The number of phenolic OH excluding ortho intramolecular Hbond substituents is 1. The number of carboxylic acids is 1. The van der Waals surface area contributed by atoms with Crippen LogP contribution < -0.4 is 0 Å². The molecule has 0 aliphatic rings. The van der Waals surface area contributed by atoms with Crippen molar-refractivity contribution in [3.8, 4) is 5.75 Å². The Morgan fingerprint density at radius 3 is 2.72 bits per heavy atom. The molecular weight excluding hydrogens is 234 g/mol. The molecular formula is C12H9N3O3. The Morgan fingerprint density at radius 1 is 1.22 bits per heavy atom. The third-order valence-electron chi connectivity index (χ3n) is 2.14. The van der Waals surface area contributed by atoms with Gasteiger partial charge in [0, 0.05) is 6.20 Å². The SMILES string of the molecule is O=C(O)c1ccc(O)c(N=Nc2cccnc2)c1. The maximum Gasteiger partial charge on any atom is 0.335 e. The van der Waals surface area contributed by atoms with Crippen LogP contribution in [0.4, 0.5) is 11.4 Å². The predicted octanol–water partition coefficient (Wildman–Crippen LogP) is 2.90. The van der Waals surface area contributed by atoms with E-state index in [2.05, 4.69) is 15.2 Å². The Kier molecular flexibility index (Phi) is 3.29. The maximum atomic E-state index is 10.8. The normalized spacial score (nSPS) is 10.7. The molecule has 2 aromatic rings. The Morgan fingerprint density at radius 2 is 2.06 bits per heavy atom. The number of aromatic hydroxyl groups is 1. The molecule has 0 saturated carbocycles. The van der Waals surface area contributed by atoms with Gasteiger partial charge in [-0.05, 0) is 30.3 Å². The van der Waals surface area contributed by atoms with E-state index in [4.69, 9.17) is 5.11 Å². The number of nitrogens with zero attached hydrogens (tertiary/aromatic N) is 3. The Labute approximate surface area is 102 Å². The van der Waals surface area contributed by atoms with Crippen molar-refractivity contribution >= 4 is 17.3 Å². The van der Waals surface area contributed by atoms with Crippen LogP contribution in [0.15, 0.2) is 53.0 Å². The third kappa shape index (κ3) is 2.67. The molecule has 0 amide bonds. The summed E-state index contributed by atoms with van der Waals surface area (Å²) in [6.07, 6.45) is 3.10. The summed E-state index contributed by atoms with van der Waals surface area (Å²) in [7, 11) is 0. The summed E-state index contributed by atoms with van der Waals surface area (Å²) in [5, 5.41) is 26.0. The molecule has 0 atom stereocenters. The highest BCUT2D eigenvalue weighted by molar-refractivity contribution is 5.89. The molecule has 0 fully saturated rings. The van der Waals surface area contributed by atoms with Crippen molar-refractivity contribution in [1.29, 1.82) is 0 Å². The number of benzene rings is 1. The summed E-state index contributed by atoms with van der Waals surface area (Å²) in [5.41, 5.74) is 0.643. The fourth-order valence-corrected chi connectivity index (χ4v) is 1.26. The van der Waals surface area contributed by atoms with Crippen molar-refractivity contribution in [1.82, 2.24) is 4.98 Å². The number of phenols is 1. The second kappa shape index (κ2) is 5.05. The molecule has 1 heterocycles. The average molecular weight is 243 g/mol. The van der Waals surface area contributed by atoms with Gasteiger partial charge in [-0.1, -0.05) is 0 Å². The highest BCUT2D eigenvalue weighted by atomic mass is 16.4. The molecule has 0 saturated heterocycles. The van der Waals surface area contributed by atoms with Gasteiger partial charge in [-0.3, -0.25) is 4.98 Å². The smallest absolute Gasteiger partial charge is 0.335 e. The lowest BCUT2D eigenvalue weighted by molar-refractivity contribution is 0.0697. The summed E-state index contributed by atoms with van der Waals surface area (Å²) < 4.78 is 0. The van der Waals surface area contributed by atoms with E-state index in [9.17, 15) is 9.90 Å². The van der Waals surface area contributed by atoms with E-state index < -0.39 is 5.97 Å². The summed E-state index contributed by atoms with van der Waals surface area (Å²) in [5.74, 6) is -1.22. The molecule has 1 aromatic heterocycles. The highest BCUT2D eigenvalue weighted by Crippen LogP contribution is 2.28. The standard InChI is InChI=1S/C12H9N3O3/c16-11-4-3-8(12(17)18)6-10(11)15-14-9-2-1-5-13-7-9/h1-7,16H,(H,17,18). The number of pyridine rings is 1. The number of aromatic carboxylic acids is 1. The van der Waals surface area contributed by atoms with E-state index in [1.54, 1.807) is 18.3 Å². The highest BCUT2D eigenvalue weighted by Gasteiger charge is 2.07. The van der Waals surface area contributed by atoms with Gasteiger partial charge >= 0.3 is 5.97 Å². The van der Waals surface area contributed by atoms with Crippen LogP contribution in [-0.4, -0.2) is 21.2 Å². The van der Waals surface area contributed by atoms with Crippen molar-refractivity contribution in [2.45, 2.75) is 0 Å². The molecule has 6 heteroatoms. The summed E-state index contributed by atoms with van der Waals surface area (Å²) in [6.45, 7) is 0. The van der Waals surface area contributed by atoms with E-state index in [0.717, 1.165) is 0 Å². The number of aromatic nitrogens is 1. The maximum absolute atomic E-state index is 10.8. The number of hydrogen-bond acceptors (Lipinski definition) is 5. The molecule has 1 aromatic carbocycles. The van der Waals surface area contributed by atoms with Gasteiger partial charge in [0.2, 0.25) is 0 Å². The topological polar surface area (TPSA) is 95.1 Å². The van der Waals surface area contributed by atoms with Gasteiger partial charge in [0.05, 0.1) is 11.8 Å². The quantitative estimate of drug-likeness (QED) is 0.810. The minimum atomic E-state index is -1.09. The number of rotatable bonds is 3. The minimum Gasteiger partial charge on any atom is -0.506 e. The molecule has 0 bridgehead atoms. The Hall–Kier alpha value is -2.76. The van der Waals surface area contributed by atoms with Crippen LogP contribution in [0.25, 0.3) is 0 Å². The first kappa shape index (κ1) is 11.7. The molecule has 6 nitrogen and oxygen atoms in total. The molecule has 0 aliphatic carbocycles. The fourth-order valence-electron chi connectivity index (χ4n) is 1.26. The van der Waals surface area contributed by atoms with Gasteiger partial charge in [0.1, 0.15) is 17.1 Å². The molecule has 0 aliphatic heterocycles. The number of carboxylic acid groups (broad SMARTS) is 1. The molecule has 0 radical (unpaired) electrons. The van der Waals surface area contributed by atoms with E-state index >= 15 is 0 Å². The Bertz CT molecular complexity index is 597. The first-order chi connectivity index (χ1) is 8.66. The number of carbonyl (C=O) groups is 1. The van der Waals surface area contributed by atoms with Gasteiger partial charge < -0.3 is 10.2 Å². The zero-order valence-corrected chi connectivity index (χ0v) is 9.19. The molecule has 2 rings (SSSR count). The third-order valence-corrected chi connectivity index (χ3v) is 2.14. The van der Waals surface area contributed by atoms with Gasteiger partial charge in [0.15, 0.2) is 0 Å². The average Bonchev–Trinajstić information content (AvgIpc) is 2.38. The lowest BCUT2D eigenvalue weighted by Crippen LogP contribution is -1.94. The van der Waals surface area contributed by atoms with Gasteiger partial charge in [0.25, 0.3) is 0 Å². The summed E-state index contributed by atoms with van der Waals surface area (Å²) in [6, 6.07) is 7.19. The number of azo groups is 1. The largest absolute Gasteiger partial charge is 0.506 e. The fraction of sp³-hybridized carbons (Fsp3) is 0. The summed E-state index contributed by atoms with van der Waals surface area (Å²) >= 11 is 0. The summed E-state index contributed by atoms with van der Waals surface area (Å²) in [4.78, 5) is 14.6. The van der Waals surface area contributed by atoms with Crippen LogP contribution in [0.5, 0.6) is 5.75 Å². The Balaban J connectivity index is 2.31. The molecule has 18 heavy (non-hydrogen) atoms. The van der Waals surface area contributed by atoms with Crippen LogP contribution in [0.3, 0.4) is 0 Å². The molecule has 90 valence electrons. The second-order valence-corrected chi connectivity index (χ2v) is 3.42. The second-order valence-electron chi connectivity index (χ2n) is 3.42.